The van der Waals surface area contributed by atoms with Gasteiger partial charge in [0.2, 0.25) is 0 Å². The van der Waals surface area contributed by atoms with Crippen LogP contribution in [0.1, 0.15) is 5.56 Å². The van der Waals surface area contributed by atoms with Gasteiger partial charge in [0, 0.05) is 44.4 Å². The molecule has 0 radical (unpaired) electrons. The molecule has 2 aromatic rings. The van der Waals surface area contributed by atoms with Gasteiger partial charge in [-0.25, -0.2) is 0 Å². The predicted octanol–water partition coefficient (Wildman–Crippen LogP) is 1.88. The van der Waals surface area contributed by atoms with Crippen molar-refractivity contribution in [1.29, 1.82) is 0 Å². The van der Waals surface area contributed by atoms with Crippen LogP contribution in [0.25, 0.3) is 10.9 Å². The Morgan fingerprint density at radius 1 is 1.24 bits per heavy atom. The van der Waals surface area contributed by atoms with Crippen molar-refractivity contribution in [1.82, 2.24) is 10.3 Å². The van der Waals surface area contributed by atoms with Crippen LogP contribution in [0.3, 0.4) is 0 Å². The van der Waals surface area contributed by atoms with Gasteiger partial charge in [-0.05, 0) is 17.7 Å². The maximum absolute atomic E-state index is 5.12. The van der Waals surface area contributed by atoms with E-state index in [9.17, 15) is 0 Å². The lowest BCUT2D eigenvalue weighted by Gasteiger charge is -2.14. The number of methoxy groups -OCH3 is 2. The molecule has 4 heteroatoms. The Morgan fingerprint density at radius 2 is 2.06 bits per heavy atom. The van der Waals surface area contributed by atoms with Gasteiger partial charge in [-0.1, -0.05) is 12.1 Å². The van der Waals surface area contributed by atoms with Gasteiger partial charge in [-0.2, -0.15) is 0 Å². The third-order valence-corrected chi connectivity index (χ3v) is 2.84. The molecule has 0 bridgehead atoms. The SMILES string of the molecule is COC(CNCc1cccc2[nH]ccc12)OC. The molecule has 1 aromatic carbocycles. The van der Waals surface area contributed by atoms with Gasteiger partial charge in [0.25, 0.3) is 0 Å². The van der Waals surface area contributed by atoms with Gasteiger partial charge in [-0.15, -0.1) is 0 Å². The number of rotatable bonds is 6. The normalized spacial score (nSPS) is 11.5. The van der Waals surface area contributed by atoms with Gasteiger partial charge in [-0.3, -0.25) is 0 Å². The Hall–Kier alpha value is -1.36. The molecule has 1 aromatic heterocycles. The van der Waals surface area contributed by atoms with Gasteiger partial charge < -0.3 is 19.8 Å². The lowest BCUT2D eigenvalue weighted by molar-refractivity contribution is -0.0988. The average molecular weight is 234 g/mol. The summed E-state index contributed by atoms with van der Waals surface area (Å²) in [4.78, 5) is 3.20. The van der Waals surface area contributed by atoms with Crippen molar-refractivity contribution in [3.05, 3.63) is 36.0 Å². The second kappa shape index (κ2) is 5.82. The van der Waals surface area contributed by atoms with E-state index in [2.05, 4.69) is 34.6 Å². The van der Waals surface area contributed by atoms with Crippen LogP contribution in [0, 0.1) is 0 Å². The molecule has 2 rings (SSSR count). The first kappa shape index (κ1) is 12.1. The molecule has 0 aliphatic rings. The average Bonchev–Trinajstić information content (AvgIpc) is 2.83. The minimum atomic E-state index is -0.194. The summed E-state index contributed by atoms with van der Waals surface area (Å²) in [5.74, 6) is 0. The molecule has 17 heavy (non-hydrogen) atoms. The fourth-order valence-corrected chi connectivity index (χ4v) is 1.89. The molecule has 92 valence electrons. The molecule has 1 heterocycles. The zero-order chi connectivity index (χ0) is 12.1. The van der Waals surface area contributed by atoms with Gasteiger partial charge in [0.05, 0.1) is 0 Å². The van der Waals surface area contributed by atoms with Crippen LogP contribution in [0.4, 0.5) is 0 Å². The molecule has 4 nitrogen and oxygen atoms in total. The number of aromatic nitrogens is 1. The molecular formula is C13H18N2O2. The molecule has 0 unspecified atom stereocenters. The summed E-state index contributed by atoms with van der Waals surface area (Å²) in [5.41, 5.74) is 2.44. The second-order valence-electron chi connectivity index (χ2n) is 3.89. The molecule has 0 saturated heterocycles. The van der Waals surface area contributed by atoms with Crippen molar-refractivity contribution in [2.45, 2.75) is 12.8 Å². The number of ether oxygens (including phenoxy) is 2. The number of benzene rings is 1. The maximum Gasteiger partial charge on any atom is 0.169 e. The fourth-order valence-electron chi connectivity index (χ4n) is 1.89. The van der Waals surface area contributed by atoms with Crippen LogP contribution in [-0.2, 0) is 16.0 Å². The predicted molar refractivity (Wildman–Crippen MR) is 67.8 cm³/mol. The largest absolute Gasteiger partial charge is 0.361 e. The van der Waals surface area contributed by atoms with Crippen molar-refractivity contribution in [3.63, 3.8) is 0 Å². The molecule has 0 atom stereocenters. The van der Waals surface area contributed by atoms with Crippen LogP contribution >= 0.6 is 0 Å². The van der Waals surface area contributed by atoms with Crippen LogP contribution in [0.2, 0.25) is 0 Å². The summed E-state index contributed by atoms with van der Waals surface area (Å²) < 4.78 is 10.2. The van der Waals surface area contributed by atoms with Crippen molar-refractivity contribution in [3.8, 4) is 0 Å². The summed E-state index contributed by atoms with van der Waals surface area (Å²) in [5, 5.41) is 4.58. The van der Waals surface area contributed by atoms with Crippen molar-refractivity contribution < 1.29 is 9.47 Å². The number of H-pyrrole nitrogens is 1. The van der Waals surface area contributed by atoms with E-state index in [0.29, 0.717) is 6.54 Å². The van der Waals surface area contributed by atoms with E-state index in [1.54, 1.807) is 14.2 Å². The Bertz CT molecular complexity index is 463. The lowest BCUT2D eigenvalue weighted by Crippen LogP contribution is -2.29. The Balaban J connectivity index is 1.97. The first-order chi connectivity index (χ1) is 8.35. The van der Waals surface area contributed by atoms with E-state index in [-0.39, 0.29) is 6.29 Å². The standard InChI is InChI=1S/C13H18N2O2/c1-16-13(17-2)9-14-8-10-4-3-5-12-11(10)6-7-15-12/h3-7,13-15H,8-9H2,1-2H3. The van der Waals surface area contributed by atoms with E-state index < -0.39 is 0 Å². The molecule has 0 aliphatic carbocycles. The monoisotopic (exact) mass is 234 g/mol. The fraction of sp³-hybridized carbons (Fsp3) is 0.385. The van der Waals surface area contributed by atoms with Gasteiger partial charge >= 0.3 is 0 Å². The minimum Gasteiger partial charge on any atom is -0.361 e. The highest BCUT2D eigenvalue weighted by Gasteiger charge is 2.05. The van der Waals surface area contributed by atoms with Gasteiger partial charge in [0.15, 0.2) is 6.29 Å². The second-order valence-corrected chi connectivity index (χ2v) is 3.89. The quantitative estimate of drug-likeness (QED) is 0.750. The van der Waals surface area contributed by atoms with Crippen LogP contribution in [0.15, 0.2) is 30.5 Å². The molecule has 0 fully saturated rings. The summed E-state index contributed by atoms with van der Waals surface area (Å²) >= 11 is 0. The number of fused-ring (bicyclic) bond motifs is 1. The first-order valence-corrected chi connectivity index (χ1v) is 5.66. The van der Waals surface area contributed by atoms with E-state index in [4.69, 9.17) is 9.47 Å². The summed E-state index contributed by atoms with van der Waals surface area (Å²) in [6.07, 6.45) is 1.77. The number of nitrogens with one attached hydrogen (secondary N) is 2. The molecule has 0 saturated carbocycles. The summed E-state index contributed by atoms with van der Waals surface area (Å²) in [6.45, 7) is 1.48. The zero-order valence-corrected chi connectivity index (χ0v) is 10.2. The highest BCUT2D eigenvalue weighted by atomic mass is 16.7. The van der Waals surface area contributed by atoms with Crippen molar-refractivity contribution in [2.24, 2.45) is 0 Å². The highest BCUT2D eigenvalue weighted by molar-refractivity contribution is 5.82. The Labute approximate surface area is 101 Å². The first-order valence-electron chi connectivity index (χ1n) is 5.66. The zero-order valence-electron chi connectivity index (χ0n) is 10.2. The molecule has 0 aliphatic heterocycles. The van der Waals surface area contributed by atoms with Crippen LogP contribution in [-0.4, -0.2) is 32.0 Å². The topological polar surface area (TPSA) is 46.3 Å². The number of hydrogen-bond acceptors (Lipinski definition) is 3. The summed E-state index contributed by atoms with van der Waals surface area (Å²) in [7, 11) is 3.28. The van der Waals surface area contributed by atoms with Crippen molar-refractivity contribution in [2.75, 3.05) is 20.8 Å². The lowest BCUT2D eigenvalue weighted by atomic mass is 10.1. The van der Waals surface area contributed by atoms with Crippen LogP contribution < -0.4 is 5.32 Å². The molecular weight excluding hydrogens is 216 g/mol. The maximum atomic E-state index is 5.12. The van der Waals surface area contributed by atoms with E-state index in [1.807, 2.05) is 6.20 Å². The summed E-state index contributed by atoms with van der Waals surface area (Å²) in [6, 6.07) is 8.35. The Morgan fingerprint density at radius 3 is 2.82 bits per heavy atom. The molecule has 2 N–H and O–H groups in total. The third-order valence-electron chi connectivity index (χ3n) is 2.84. The molecule has 0 spiro atoms. The molecule has 0 amide bonds. The number of hydrogen-bond donors (Lipinski definition) is 2. The van der Waals surface area contributed by atoms with E-state index in [1.165, 1.54) is 16.5 Å². The van der Waals surface area contributed by atoms with E-state index >= 15 is 0 Å². The smallest absolute Gasteiger partial charge is 0.169 e. The van der Waals surface area contributed by atoms with E-state index in [0.717, 1.165) is 6.54 Å². The van der Waals surface area contributed by atoms with Crippen LogP contribution in [0.5, 0.6) is 0 Å². The van der Waals surface area contributed by atoms with Crippen molar-refractivity contribution >= 4 is 10.9 Å². The number of aromatic amines is 1. The third kappa shape index (κ3) is 2.85. The van der Waals surface area contributed by atoms with Gasteiger partial charge in [0.1, 0.15) is 0 Å². The Kier molecular flexibility index (Phi) is 4.14. The highest BCUT2D eigenvalue weighted by Crippen LogP contribution is 2.16. The minimum absolute atomic E-state index is 0.194.